The maximum Gasteiger partial charge on any atom is 0.417 e. The molecule has 0 spiro atoms. The Balaban J connectivity index is 1.78. The fourth-order valence-electron chi connectivity index (χ4n) is 3.48. The Morgan fingerprint density at radius 2 is 2.00 bits per heavy atom. The van der Waals surface area contributed by atoms with E-state index in [4.69, 9.17) is 4.74 Å². The third kappa shape index (κ3) is 5.65. The van der Waals surface area contributed by atoms with Crippen molar-refractivity contribution in [2.24, 2.45) is 0 Å². The molecule has 7 nitrogen and oxygen atoms in total. The molecule has 2 aromatic heterocycles. The van der Waals surface area contributed by atoms with E-state index in [1.54, 1.807) is 4.90 Å². The highest BCUT2D eigenvalue weighted by atomic mass is 32.1. The fourth-order valence-corrected chi connectivity index (χ4v) is 4.50. The van der Waals surface area contributed by atoms with Crippen molar-refractivity contribution < 1.29 is 27.8 Å². The number of halogens is 3. The van der Waals surface area contributed by atoms with Crippen LogP contribution >= 0.6 is 11.3 Å². The molecule has 31 heavy (non-hydrogen) atoms. The van der Waals surface area contributed by atoms with Gasteiger partial charge in [0.15, 0.2) is 0 Å². The van der Waals surface area contributed by atoms with Gasteiger partial charge in [-0.1, -0.05) is 0 Å². The number of pyridine rings is 1. The molecule has 1 aliphatic rings. The first-order valence-electron chi connectivity index (χ1n) is 10.1. The van der Waals surface area contributed by atoms with Gasteiger partial charge in [0.05, 0.1) is 40.2 Å². The quantitative estimate of drug-likeness (QED) is 0.662. The van der Waals surface area contributed by atoms with Crippen molar-refractivity contribution in [3.8, 4) is 0 Å². The monoisotopic (exact) mass is 460 g/mol. The van der Waals surface area contributed by atoms with Crippen molar-refractivity contribution in [1.29, 1.82) is 0 Å². The van der Waals surface area contributed by atoms with Crippen LogP contribution in [-0.4, -0.2) is 79.5 Å². The summed E-state index contributed by atoms with van der Waals surface area (Å²) in [6, 6.07) is 1.06. The lowest BCUT2D eigenvalue weighted by Crippen LogP contribution is -2.49. The van der Waals surface area contributed by atoms with Gasteiger partial charge in [0.1, 0.15) is 5.82 Å². The van der Waals surface area contributed by atoms with E-state index in [-0.39, 0.29) is 34.3 Å². The number of hydrogen-bond acceptors (Lipinski definition) is 7. The number of piperazine rings is 1. The number of fused-ring (bicyclic) bond motifs is 1. The molecular formula is C20H27F3N4O3S. The number of carbonyl (C=O) groups excluding carboxylic acids is 1. The lowest BCUT2D eigenvalue weighted by molar-refractivity contribution is -0.136. The first-order chi connectivity index (χ1) is 14.6. The molecule has 0 radical (unpaired) electrons. The number of carbonyl (C=O) groups is 1. The van der Waals surface area contributed by atoms with Crippen LogP contribution in [0.2, 0.25) is 0 Å². The van der Waals surface area contributed by atoms with E-state index < -0.39 is 23.8 Å². The molecule has 0 aromatic carbocycles. The van der Waals surface area contributed by atoms with E-state index in [9.17, 15) is 23.1 Å². The summed E-state index contributed by atoms with van der Waals surface area (Å²) in [7, 11) is 1.43. The van der Waals surface area contributed by atoms with Gasteiger partial charge in [-0.2, -0.15) is 13.2 Å². The second-order valence-corrected chi connectivity index (χ2v) is 8.64. The van der Waals surface area contributed by atoms with Gasteiger partial charge in [-0.05, 0) is 19.9 Å². The molecule has 3 rings (SSSR count). The second-order valence-electron chi connectivity index (χ2n) is 7.76. The predicted molar refractivity (Wildman–Crippen MR) is 114 cm³/mol. The highest BCUT2D eigenvalue weighted by Crippen LogP contribution is 2.40. The molecule has 2 N–H and O–H groups in total. The van der Waals surface area contributed by atoms with Gasteiger partial charge in [-0.15, -0.1) is 11.3 Å². The molecule has 11 heteroatoms. The molecule has 172 valence electrons. The van der Waals surface area contributed by atoms with E-state index in [0.717, 1.165) is 17.4 Å². The molecule has 1 aliphatic heterocycles. The number of aliphatic hydroxyl groups is 1. The normalized spacial score (nSPS) is 16.8. The van der Waals surface area contributed by atoms with Crippen molar-refractivity contribution >= 4 is 33.3 Å². The Morgan fingerprint density at radius 1 is 1.32 bits per heavy atom. The van der Waals surface area contributed by atoms with Gasteiger partial charge in [0.2, 0.25) is 0 Å². The minimum absolute atomic E-state index is 0.0344. The average Bonchev–Trinajstić information content (AvgIpc) is 3.14. The molecule has 1 unspecified atom stereocenters. The first kappa shape index (κ1) is 23.7. The Bertz CT molecular complexity index is 911. The average molecular weight is 461 g/mol. The van der Waals surface area contributed by atoms with Crippen LogP contribution in [-0.2, 0) is 10.9 Å². The SMILES string of the molecule is CNC(=O)c1csc2c(C(F)(F)F)cc(N3CCN(CC(O)COC(C)C)CC3)nc12. The number of anilines is 1. The highest BCUT2D eigenvalue weighted by Gasteiger charge is 2.36. The van der Waals surface area contributed by atoms with E-state index in [1.807, 2.05) is 13.8 Å². The highest BCUT2D eigenvalue weighted by molar-refractivity contribution is 7.17. The minimum Gasteiger partial charge on any atom is -0.389 e. The largest absolute Gasteiger partial charge is 0.417 e. The summed E-state index contributed by atoms with van der Waals surface area (Å²) in [6.07, 6.45) is -5.14. The predicted octanol–water partition coefficient (Wildman–Crippen LogP) is 2.58. The van der Waals surface area contributed by atoms with Crippen molar-refractivity contribution in [2.75, 3.05) is 51.3 Å². The van der Waals surface area contributed by atoms with Crippen LogP contribution in [0.25, 0.3) is 10.2 Å². The standard InChI is InChI=1S/C20H27F3N4O3S/c1-12(2)30-10-13(28)9-26-4-6-27(7-5-26)16-8-15(20(21,22)23)18-17(25-16)14(11-31-18)19(29)24-3/h8,11-13,28H,4-7,9-10H2,1-3H3,(H,24,29). The van der Waals surface area contributed by atoms with Gasteiger partial charge < -0.3 is 20.1 Å². The number of nitrogens with one attached hydrogen (secondary N) is 1. The first-order valence-corrected chi connectivity index (χ1v) is 11.0. The van der Waals surface area contributed by atoms with Crippen LogP contribution in [0, 0.1) is 0 Å². The number of β-amino-alcohol motifs (C(OH)–C–C–N with tert-alkyl or cyclic N) is 1. The van der Waals surface area contributed by atoms with Crippen LogP contribution in [0.15, 0.2) is 11.4 Å². The molecular weight excluding hydrogens is 433 g/mol. The number of aromatic nitrogens is 1. The van der Waals surface area contributed by atoms with E-state index >= 15 is 0 Å². The number of ether oxygens (including phenoxy) is 1. The van der Waals surface area contributed by atoms with Gasteiger partial charge in [-0.25, -0.2) is 4.98 Å². The number of thiophene rings is 1. The lowest BCUT2D eigenvalue weighted by Gasteiger charge is -2.36. The molecule has 2 aromatic rings. The maximum absolute atomic E-state index is 13.7. The number of nitrogens with zero attached hydrogens (tertiary/aromatic N) is 3. The summed E-state index contributed by atoms with van der Waals surface area (Å²) in [6.45, 7) is 6.55. The Morgan fingerprint density at radius 3 is 2.58 bits per heavy atom. The summed E-state index contributed by atoms with van der Waals surface area (Å²) in [5.74, 6) is -0.266. The maximum atomic E-state index is 13.7. The van der Waals surface area contributed by atoms with Crippen LogP contribution in [0.1, 0.15) is 29.8 Å². The molecule has 1 atom stereocenters. The van der Waals surface area contributed by atoms with E-state index in [1.165, 1.54) is 12.4 Å². The zero-order valence-corrected chi connectivity index (χ0v) is 18.5. The minimum atomic E-state index is -4.55. The molecule has 0 aliphatic carbocycles. The molecule has 1 fully saturated rings. The lowest BCUT2D eigenvalue weighted by atomic mass is 10.1. The van der Waals surface area contributed by atoms with Gasteiger partial charge >= 0.3 is 6.18 Å². The summed E-state index contributed by atoms with van der Waals surface area (Å²) in [5, 5.41) is 14.0. The Hall–Kier alpha value is -1.95. The van der Waals surface area contributed by atoms with Crippen LogP contribution in [0.3, 0.4) is 0 Å². The van der Waals surface area contributed by atoms with Crippen LogP contribution < -0.4 is 10.2 Å². The number of amides is 1. The summed E-state index contributed by atoms with van der Waals surface area (Å²) >= 11 is 0.871. The molecule has 0 bridgehead atoms. The summed E-state index contributed by atoms with van der Waals surface area (Å²) in [5.41, 5.74) is -0.573. The molecule has 1 saturated heterocycles. The van der Waals surface area contributed by atoms with Crippen LogP contribution in [0.5, 0.6) is 0 Å². The number of aliphatic hydroxyl groups excluding tert-OH is 1. The summed E-state index contributed by atoms with van der Waals surface area (Å²) < 4.78 is 46.5. The van der Waals surface area contributed by atoms with Crippen molar-refractivity contribution in [3.05, 3.63) is 22.6 Å². The molecule has 0 saturated carbocycles. The third-order valence-electron chi connectivity index (χ3n) is 5.07. The van der Waals surface area contributed by atoms with E-state index in [2.05, 4.69) is 15.2 Å². The smallest absolute Gasteiger partial charge is 0.389 e. The van der Waals surface area contributed by atoms with E-state index in [0.29, 0.717) is 32.7 Å². The zero-order valence-electron chi connectivity index (χ0n) is 17.7. The summed E-state index contributed by atoms with van der Waals surface area (Å²) in [4.78, 5) is 20.4. The topological polar surface area (TPSA) is 77.9 Å². The van der Waals surface area contributed by atoms with Crippen molar-refractivity contribution in [2.45, 2.75) is 32.2 Å². The molecule has 1 amide bonds. The number of rotatable bonds is 7. The van der Waals surface area contributed by atoms with Gasteiger partial charge in [0.25, 0.3) is 5.91 Å². The number of alkyl halides is 3. The third-order valence-corrected chi connectivity index (χ3v) is 6.08. The number of hydrogen-bond donors (Lipinski definition) is 2. The van der Waals surface area contributed by atoms with Crippen LogP contribution in [0.4, 0.5) is 19.0 Å². The Labute approximate surface area is 182 Å². The second kappa shape index (κ2) is 9.68. The van der Waals surface area contributed by atoms with Gasteiger partial charge in [-0.3, -0.25) is 9.69 Å². The van der Waals surface area contributed by atoms with Crippen molar-refractivity contribution in [1.82, 2.24) is 15.2 Å². The van der Waals surface area contributed by atoms with Crippen molar-refractivity contribution in [3.63, 3.8) is 0 Å². The fraction of sp³-hybridized carbons (Fsp3) is 0.600. The molecule has 3 heterocycles. The zero-order chi connectivity index (χ0) is 22.8. The Kier molecular flexibility index (Phi) is 7.40. The van der Waals surface area contributed by atoms with Gasteiger partial charge in [0, 0.05) is 45.2 Å².